The molecule has 0 spiro atoms. The van der Waals surface area contributed by atoms with Gasteiger partial charge in [0.1, 0.15) is 11.5 Å². The van der Waals surface area contributed by atoms with E-state index >= 15 is 0 Å². The van der Waals surface area contributed by atoms with Gasteiger partial charge in [0.2, 0.25) is 0 Å². The van der Waals surface area contributed by atoms with Crippen LogP contribution in [-0.2, 0) is 18.9 Å². The van der Waals surface area contributed by atoms with Crippen molar-refractivity contribution in [3.63, 3.8) is 0 Å². The molecule has 0 saturated carbocycles. The monoisotopic (exact) mass is 636 g/mol. The van der Waals surface area contributed by atoms with Crippen molar-refractivity contribution in [1.29, 1.82) is 0 Å². The fourth-order valence-electron chi connectivity index (χ4n) is 6.86. The Balaban J connectivity index is 1.19. The second-order valence-corrected chi connectivity index (χ2v) is 13.2. The quantitative estimate of drug-likeness (QED) is 0.133. The Morgan fingerprint density at radius 2 is 1.28 bits per heavy atom. The summed E-state index contributed by atoms with van der Waals surface area (Å²) in [7, 11) is 0. The number of phenolic OH excluding ortho intramolecular Hbond substituents is 2. The summed E-state index contributed by atoms with van der Waals surface area (Å²) in [5, 5.41) is 44.1. The first kappa shape index (κ1) is 34.6. The lowest BCUT2D eigenvalue weighted by Gasteiger charge is -2.38. The minimum atomic E-state index is -0.702. The maximum atomic E-state index is 11.2. The Morgan fingerprint density at radius 3 is 2.00 bits per heavy atom. The van der Waals surface area contributed by atoms with E-state index in [0.717, 1.165) is 62.1 Å². The molecule has 2 aliphatic heterocycles. The topological polar surface area (TPSA) is 118 Å². The molecule has 2 heterocycles. The molecule has 8 nitrogen and oxygen atoms in total. The van der Waals surface area contributed by atoms with E-state index in [1.807, 2.05) is 42.5 Å². The summed E-state index contributed by atoms with van der Waals surface area (Å²) in [5.74, 6) is 0.303. The summed E-state index contributed by atoms with van der Waals surface area (Å²) in [4.78, 5) is 0. The molecule has 2 saturated heterocycles. The summed E-state index contributed by atoms with van der Waals surface area (Å²) in [6.07, 6.45) is 6.91. The number of benzene rings is 3. The molecule has 0 bridgehead atoms. The second kappa shape index (κ2) is 16.9. The van der Waals surface area contributed by atoms with Crippen molar-refractivity contribution in [3.8, 4) is 11.5 Å². The van der Waals surface area contributed by atoms with Crippen molar-refractivity contribution in [2.24, 2.45) is 0 Å². The molecule has 0 radical (unpaired) electrons. The third-order valence-corrected chi connectivity index (χ3v) is 9.32. The van der Waals surface area contributed by atoms with Crippen LogP contribution in [0.1, 0.15) is 115 Å². The van der Waals surface area contributed by atoms with E-state index in [1.165, 1.54) is 0 Å². The average molecular weight is 637 g/mol. The van der Waals surface area contributed by atoms with Crippen molar-refractivity contribution in [3.05, 3.63) is 71.8 Å². The van der Waals surface area contributed by atoms with E-state index in [2.05, 4.69) is 6.92 Å². The van der Waals surface area contributed by atoms with Crippen molar-refractivity contribution < 1.29 is 39.4 Å². The Morgan fingerprint density at radius 1 is 0.674 bits per heavy atom. The fourth-order valence-corrected chi connectivity index (χ4v) is 6.86. The lowest BCUT2D eigenvalue weighted by molar-refractivity contribution is -0.253. The van der Waals surface area contributed by atoms with Gasteiger partial charge >= 0.3 is 0 Å². The number of fused-ring (bicyclic) bond motifs is 1. The van der Waals surface area contributed by atoms with Gasteiger partial charge in [-0.25, -0.2) is 0 Å². The predicted molar refractivity (Wildman–Crippen MR) is 177 cm³/mol. The van der Waals surface area contributed by atoms with Gasteiger partial charge in [0, 0.05) is 18.4 Å². The van der Waals surface area contributed by atoms with Crippen LogP contribution in [0, 0.1) is 0 Å². The average Bonchev–Trinajstić information content (AvgIpc) is 3.03. The Labute approximate surface area is 273 Å². The van der Waals surface area contributed by atoms with E-state index in [-0.39, 0.29) is 42.0 Å². The van der Waals surface area contributed by atoms with Crippen molar-refractivity contribution in [2.75, 3.05) is 0 Å². The summed E-state index contributed by atoms with van der Waals surface area (Å²) in [5.41, 5.74) is 1.27. The smallest absolute Gasteiger partial charge is 0.188 e. The van der Waals surface area contributed by atoms with Gasteiger partial charge in [-0.1, -0.05) is 68.3 Å². The molecule has 0 aromatic heterocycles. The molecule has 0 aliphatic carbocycles. The van der Waals surface area contributed by atoms with Gasteiger partial charge in [-0.3, -0.25) is 0 Å². The summed E-state index contributed by atoms with van der Waals surface area (Å²) < 4.78 is 25.5. The van der Waals surface area contributed by atoms with Crippen LogP contribution in [0.15, 0.2) is 60.7 Å². The minimum absolute atomic E-state index is 0.0120. The number of para-hydroxylation sites is 1. The third kappa shape index (κ3) is 9.43. The molecule has 3 aromatic rings. The number of aliphatic hydroxyl groups excluding tert-OH is 2. The molecule has 46 heavy (non-hydrogen) atoms. The number of aliphatic hydroxyl groups is 2. The first-order chi connectivity index (χ1) is 22.3. The first-order valence-electron chi connectivity index (χ1n) is 17.3. The molecule has 0 amide bonds. The molecule has 252 valence electrons. The number of unbranched alkanes of at least 4 members (excludes halogenated alkanes) is 1. The number of ether oxygens (including phenoxy) is 4. The van der Waals surface area contributed by atoms with Gasteiger partial charge < -0.3 is 39.4 Å². The maximum Gasteiger partial charge on any atom is 0.188 e. The molecule has 3 aromatic carbocycles. The SMILES string of the molecule is CCCCC1CC(CC(O)CCCC2CC(CCCC(C)O)OC(c3ccccc3O)O2)OC(c2c(O)ccc3ccccc23)O1. The van der Waals surface area contributed by atoms with Crippen LogP contribution in [0.25, 0.3) is 10.8 Å². The maximum absolute atomic E-state index is 11.2. The molecule has 8 atom stereocenters. The molecular formula is C38H52O8. The van der Waals surface area contributed by atoms with Gasteiger partial charge in [-0.15, -0.1) is 0 Å². The molecule has 4 N–H and O–H groups in total. The highest BCUT2D eigenvalue weighted by molar-refractivity contribution is 5.87. The highest BCUT2D eigenvalue weighted by Gasteiger charge is 2.35. The largest absolute Gasteiger partial charge is 0.507 e. The summed E-state index contributed by atoms with van der Waals surface area (Å²) >= 11 is 0. The van der Waals surface area contributed by atoms with Crippen LogP contribution in [0.2, 0.25) is 0 Å². The highest BCUT2D eigenvalue weighted by Crippen LogP contribution is 2.41. The molecule has 8 heteroatoms. The molecular weight excluding hydrogens is 584 g/mol. The lowest BCUT2D eigenvalue weighted by atomic mass is 9.95. The van der Waals surface area contributed by atoms with Crippen molar-refractivity contribution in [1.82, 2.24) is 0 Å². The molecule has 2 fully saturated rings. The van der Waals surface area contributed by atoms with Gasteiger partial charge in [0.05, 0.1) is 42.2 Å². The predicted octanol–water partition coefficient (Wildman–Crippen LogP) is 7.96. The van der Waals surface area contributed by atoms with E-state index < -0.39 is 18.7 Å². The molecule has 2 aliphatic rings. The van der Waals surface area contributed by atoms with Crippen LogP contribution >= 0.6 is 0 Å². The third-order valence-electron chi connectivity index (χ3n) is 9.32. The number of aromatic hydroxyl groups is 2. The van der Waals surface area contributed by atoms with E-state index in [1.54, 1.807) is 25.1 Å². The van der Waals surface area contributed by atoms with Crippen molar-refractivity contribution in [2.45, 2.75) is 140 Å². The van der Waals surface area contributed by atoms with Crippen LogP contribution < -0.4 is 0 Å². The zero-order chi connectivity index (χ0) is 32.5. The normalized spacial score (nSPS) is 26.6. The number of hydrogen-bond acceptors (Lipinski definition) is 8. The van der Waals surface area contributed by atoms with Gasteiger partial charge in [0.15, 0.2) is 12.6 Å². The number of rotatable bonds is 15. The molecule has 5 rings (SSSR count). The van der Waals surface area contributed by atoms with Crippen LogP contribution in [-0.4, -0.2) is 57.0 Å². The number of hydrogen-bond donors (Lipinski definition) is 4. The summed E-state index contributed by atoms with van der Waals surface area (Å²) in [6, 6.07) is 18.6. The minimum Gasteiger partial charge on any atom is -0.507 e. The Bertz CT molecular complexity index is 1360. The van der Waals surface area contributed by atoms with Crippen molar-refractivity contribution >= 4 is 10.8 Å². The zero-order valence-corrected chi connectivity index (χ0v) is 27.3. The zero-order valence-electron chi connectivity index (χ0n) is 27.3. The van der Waals surface area contributed by atoms with Crippen LogP contribution in [0.3, 0.4) is 0 Å². The number of phenols is 2. The Hall–Kier alpha value is -2.72. The van der Waals surface area contributed by atoms with E-state index in [4.69, 9.17) is 18.9 Å². The van der Waals surface area contributed by atoms with Gasteiger partial charge in [-0.2, -0.15) is 0 Å². The highest BCUT2D eigenvalue weighted by atomic mass is 16.7. The van der Waals surface area contributed by atoms with Crippen LogP contribution in [0.5, 0.6) is 11.5 Å². The van der Waals surface area contributed by atoms with Gasteiger partial charge in [-0.05, 0) is 81.2 Å². The first-order valence-corrected chi connectivity index (χ1v) is 17.3. The Kier molecular flexibility index (Phi) is 12.7. The fraction of sp³-hybridized carbons (Fsp3) is 0.579. The lowest BCUT2D eigenvalue weighted by Crippen LogP contribution is -2.36. The van der Waals surface area contributed by atoms with Gasteiger partial charge in [0.25, 0.3) is 0 Å². The molecule has 8 unspecified atom stereocenters. The standard InChI is InChI=1S/C38H52O8/c1-3-4-14-28-24-31(46-38(45-28)36-32-17-6-5-12-26(32)20-21-35(36)42)22-27(40)13-10-16-30-23-29(15-9-11-25(2)39)43-37(44-30)33-18-7-8-19-34(33)41/h5-8,12,17-21,25,27-31,37-42H,3-4,9-11,13-16,22-24H2,1-2H3. The van der Waals surface area contributed by atoms with Crippen LogP contribution in [0.4, 0.5) is 0 Å². The summed E-state index contributed by atoms with van der Waals surface area (Å²) in [6.45, 7) is 3.97. The second-order valence-electron chi connectivity index (χ2n) is 13.2. The van der Waals surface area contributed by atoms with E-state index in [9.17, 15) is 20.4 Å². The van der Waals surface area contributed by atoms with E-state index in [0.29, 0.717) is 36.8 Å².